The van der Waals surface area contributed by atoms with Crippen LogP contribution in [-0.2, 0) is 6.54 Å². The monoisotopic (exact) mass is 536 g/mol. The minimum absolute atomic E-state index is 0.101. The molecule has 40 heavy (non-hydrogen) atoms. The summed E-state index contributed by atoms with van der Waals surface area (Å²) >= 11 is 0. The van der Waals surface area contributed by atoms with Gasteiger partial charge >= 0.3 is 0 Å². The molecule has 0 radical (unpaired) electrons. The number of benzene rings is 1. The molecular formula is C31H36N8O. The summed E-state index contributed by atoms with van der Waals surface area (Å²) in [5, 5.41) is 8.03. The summed E-state index contributed by atoms with van der Waals surface area (Å²) in [4.78, 5) is 31.2. The normalized spacial score (nSPS) is 16.7. The number of hydrogen-bond donors (Lipinski definition) is 1. The van der Waals surface area contributed by atoms with E-state index in [1.54, 1.807) is 12.4 Å². The largest absolute Gasteiger partial charge is 0.336 e. The van der Waals surface area contributed by atoms with E-state index in [4.69, 9.17) is 10.1 Å². The fraction of sp³-hybridized carbons (Fsp3) is 0.387. The lowest BCUT2D eigenvalue weighted by Gasteiger charge is -2.40. The smallest absolute Gasteiger partial charge is 0.253 e. The summed E-state index contributed by atoms with van der Waals surface area (Å²) in [5.41, 5.74) is 5.00. The van der Waals surface area contributed by atoms with Crippen LogP contribution in [0.1, 0.15) is 49.4 Å². The van der Waals surface area contributed by atoms with Crippen LogP contribution >= 0.6 is 0 Å². The van der Waals surface area contributed by atoms with Gasteiger partial charge in [-0.25, -0.2) is 9.97 Å². The highest BCUT2D eigenvalue weighted by atomic mass is 16.2. The predicted octanol–water partition coefficient (Wildman–Crippen LogP) is 5.26. The van der Waals surface area contributed by atoms with E-state index in [9.17, 15) is 4.79 Å². The van der Waals surface area contributed by atoms with Crippen molar-refractivity contribution in [2.45, 2.75) is 51.6 Å². The molecule has 1 amide bonds. The van der Waals surface area contributed by atoms with Crippen molar-refractivity contribution in [1.29, 1.82) is 0 Å². The standard InChI is InChI=1S/C31H36N8O/c1-2-39-22-27(29(36-39)24-7-6-15-32-21-24)28-14-16-33-31(35-28)34-25-12-10-23(11-13-25)30(40)38-19-17-37(18-20-38)26-8-4-3-5-9-26/h6-7,10-16,21-22,26H,2-5,8-9,17-20H2,1H3,(H,33,34,35). The summed E-state index contributed by atoms with van der Waals surface area (Å²) in [6.45, 7) is 6.36. The Labute approximate surface area is 235 Å². The molecule has 0 spiro atoms. The zero-order chi connectivity index (χ0) is 27.3. The molecule has 1 aliphatic carbocycles. The van der Waals surface area contributed by atoms with Crippen LogP contribution in [0.15, 0.2) is 67.3 Å². The highest BCUT2D eigenvalue weighted by Gasteiger charge is 2.27. The average molecular weight is 537 g/mol. The molecule has 9 nitrogen and oxygen atoms in total. The first-order valence-electron chi connectivity index (χ1n) is 14.4. The van der Waals surface area contributed by atoms with Gasteiger partial charge in [0.1, 0.15) is 5.69 Å². The number of pyridine rings is 1. The molecule has 9 heteroatoms. The molecule has 0 bridgehead atoms. The number of anilines is 2. The quantitative estimate of drug-likeness (QED) is 0.345. The van der Waals surface area contributed by atoms with Crippen LogP contribution in [0.25, 0.3) is 22.5 Å². The molecule has 6 rings (SSSR count). The van der Waals surface area contributed by atoms with E-state index >= 15 is 0 Å². The van der Waals surface area contributed by atoms with E-state index < -0.39 is 0 Å². The van der Waals surface area contributed by atoms with Crippen LogP contribution in [0.2, 0.25) is 0 Å². The minimum atomic E-state index is 0.101. The molecule has 4 heterocycles. The Hall–Kier alpha value is -4.11. The third kappa shape index (κ3) is 5.74. The maximum atomic E-state index is 13.2. The van der Waals surface area contributed by atoms with Crippen molar-refractivity contribution in [3.63, 3.8) is 0 Å². The average Bonchev–Trinajstić information content (AvgIpc) is 3.47. The summed E-state index contributed by atoms with van der Waals surface area (Å²) < 4.78 is 1.90. The van der Waals surface area contributed by atoms with E-state index in [0.29, 0.717) is 17.6 Å². The number of piperazine rings is 1. The van der Waals surface area contributed by atoms with Gasteiger partial charge in [-0.05, 0) is 62.2 Å². The lowest BCUT2D eigenvalue weighted by atomic mass is 9.94. The summed E-state index contributed by atoms with van der Waals surface area (Å²) in [6.07, 6.45) is 14.0. The third-order valence-corrected chi connectivity index (χ3v) is 8.03. The van der Waals surface area contributed by atoms with Crippen molar-refractivity contribution < 1.29 is 4.79 Å². The maximum Gasteiger partial charge on any atom is 0.253 e. The van der Waals surface area contributed by atoms with Crippen molar-refractivity contribution in [1.82, 2.24) is 34.5 Å². The highest BCUT2D eigenvalue weighted by molar-refractivity contribution is 5.94. The molecule has 1 saturated carbocycles. The first kappa shape index (κ1) is 26.1. The Morgan fingerprint density at radius 2 is 1.77 bits per heavy atom. The second-order valence-corrected chi connectivity index (χ2v) is 10.6. The topological polar surface area (TPSA) is 92.1 Å². The molecule has 2 aliphatic rings. The Morgan fingerprint density at radius 3 is 2.50 bits per heavy atom. The second-order valence-electron chi connectivity index (χ2n) is 10.6. The van der Waals surface area contributed by atoms with Crippen LogP contribution in [-0.4, -0.2) is 72.7 Å². The van der Waals surface area contributed by atoms with Crippen LogP contribution in [0.4, 0.5) is 11.6 Å². The molecule has 0 atom stereocenters. The molecule has 1 aromatic carbocycles. The number of hydrogen-bond acceptors (Lipinski definition) is 7. The van der Waals surface area contributed by atoms with Gasteiger partial charge in [0.05, 0.1) is 5.69 Å². The van der Waals surface area contributed by atoms with E-state index in [1.165, 1.54) is 32.1 Å². The maximum absolute atomic E-state index is 13.2. The van der Waals surface area contributed by atoms with Gasteiger partial charge in [0.25, 0.3) is 5.91 Å². The Morgan fingerprint density at radius 1 is 0.975 bits per heavy atom. The van der Waals surface area contributed by atoms with Crippen LogP contribution in [0, 0.1) is 0 Å². The lowest BCUT2D eigenvalue weighted by molar-refractivity contribution is 0.0523. The van der Waals surface area contributed by atoms with Gasteiger partial charge in [-0.1, -0.05) is 19.3 Å². The Kier molecular flexibility index (Phi) is 7.81. The van der Waals surface area contributed by atoms with Gasteiger partial charge in [-0.15, -0.1) is 0 Å². The van der Waals surface area contributed by atoms with Crippen LogP contribution < -0.4 is 5.32 Å². The number of nitrogens with one attached hydrogen (secondary N) is 1. The summed E-state index contributed by atoms with van der Waals surface area (Å²) in [6, 6.07) is 14.1. The molecule has 1 N–H and O–H groups in total. The fourth-order valence-electron chi connectivity index (χ4n) is 5.80. The molecule has 206 valence electrons. The predicted molar refractivity (Wildman–Crippen MR) is 156 cm³/mol. The molecule has 0 unspecified atom stereocenters. The molecule has 2 fully saturated rings. The summed E-state index contributed by atoms with van der Waals surface area (Å²) in [5.74, 6) is 0.584. The second kappa shape index (κ2) is 12.0. The third-order valence-electron chi connectivity index (χ3n) is 8.03. The number of nitrogens with zero attached hydrogens (tertiary/aromatic N) is 7. The number of carbonyl (C=O) groups excluding carboxylic acids is 1. The summed E-state index contributed by atoms with van der Waals surface area (Å²) in [7, 11) is 0. The Bertz CT molecular complexity index is 1420. The molecular weight excluding hydrogens is 500 g/mol. The minimum Gasteiger partial charge on any atom is -0.336 e. The van der Waals surface area contributed by atoms with Crippen LogP contribution in [0.3, 0.4) is 0 Å². The fourth-order valence-corrected chi connectivity index (χ4v) is 5.80. The first-order chi connectivity index (χ1) is 19.7. The lowest BCUT2D eigenvalue weighted by Crippen LogP contribution is -2.52. The van der Waals surface area contributed by atoms with E-state index in [2.05, 4.69) is 27.1 Å². The van der Waals surface area contributed by atoms with E-state index in [1.807, 2.05) is 64.4 Å². The number of rotatable bonds is 7. The first-order valence-corrected chi connectivity index (χ1v) is 14.4. The van der Waals surface area contributed by atoms with Gasteiger partial charge in [0.15, 0.2) is 0 Å². The van der Waals surface area contributed by atoms with Crippen molar-refractivity contribution in [3.05, 3.63) is 72.8 Å². The molecule has 1 saturated heterocycles. The van der Waals surface area contributed by atoms with Gasteiger partial charge in [0.2, 0.25) is 5.95 Å². The van der Waals surface area contributed by atoms with Gasteiger partial charge in [-0.2, -0.15) is 5.10 Å². The van der Waals surface area contributed by atoms with Crippen molar-refractivity contribution in [3.8, 4) is 22.5 Å². The van der Waals surface area contributed by atoms with Gasteiger partial charge in [0, 0.05) is 85.9 Å². The van der Waals surface area contributed by atoms with E-state index in [0.717, 1.165) is 60.9 Å². The van der Waals surface area contributed by atoms with Crippen LogP contribution in [0.5, 0.6) is 0 Å². The van der Waals surface area contributed by atoms with Gasteiger partial charge in [-0.3, -0.25) is 19.4 Å². The Balaban J connectivity index is 1.12. The molecule has 3 aromatic heterocycles. The zero-order valence-electron chi connectivity index (χ0n) is 23.0. The zero-order valence-corrected chi connectivity index (χ0v) is 23.0. The number of aryl methyl sites for hydroxylation is 1. The highest BCUT2D eigenvalue weighted by Crippen LogP contribution is 2.30. The van der Waals surface area contributed by atoms with E-state index in [-0.39, 0.29) is 5.91 Å². The molecule has 4 aromatic rings. The SMILES string of the molecule is CCn1cc(-c2ccnc(Nc3ccc(C(=O)N4CCN(C5CCCCC5)CC4)cc3)n2)c(-c2cccnc2)n1. The number of amides is 1. The number of carbonyl (C=O) groups is 1. The van der Waals surface area contributed by atoms with Gasteiger partial charge < -0.3 is 10.2 Å². The van der Waals surface area contributed by atoms with Crippen molar-refractivity contribution >= 4 is 17.5 Å². The van der Waals surface area contributed by atoms with Crippen molar-refractivity contribution in [2.75, 3.05) is 31.5 Å². The number of aromatic nitrogens is 5. The molecule has 1 aliphatic heterocycles. The van der Waals surface area contributed by atoms with Crippen molar-refractivity contribution in [2.24, 2.45) is 0 Å².